The molecule has 1 heterocycles. The first-order valence-corrected chi connectivity index (χ1v) is 13.2. The van der Waals surface area contributed by atoms with Gasteiger partial charge in [-0.05, 0) is 76.6 Å². The normalized spacial score (nSPS) is 14.4. The van der Waals surface area contributed by atoms with Gasteiger partial charge in [0.15, 0.2) is 11.5 Å². The summed E-state index contributed by atoms with van der Waals surface area (Å²) in [6.07, 6.45) is 1.67. The summed E-state index contributed by atoms with van der Waals surface area (Å²) in [5, 5.41) is 0.291. The molecule has 0 radical (unpaired) electrons. The Morgan fingerprint density at radius 3 is 2.50 bits per heavy atom. The molecule has 4 rings (SSSR count). The van der Waals surface area contributed by atoms with E-state index in [4.69, 9.17) is 25.8 Å². The van der Waals surface area contributed by atoms with Crippen LogP contribution in [0.3, 0.4) is 0 Å². The van der Waals surface area contributed by atoms with Crippen molar-refractivity contribution in [1.29, 1.82) is 0 Å². The Hall–Kier alpha value is -2.94. The lowest BCUT2D eigenvalue weighted by Gasteiger charge is -2.15. The van der Waals surface area contributed by atoms with Crippen molar-refractivity contribution in [2.75, 3.05) is 19.8 Å². The van der Waals surface area contributed by atoms with E-state index >= 15 is 0 Å². The van der Waals surface area contributed by atoms with Crippen LogP contribution in [0, 0.1) is 0 Å². The second kappa shape index (κ2) is 12.3. The number of benzene rings is 3. The minimum absolute atomic E-state index is 0.166. The van der Waals surface area contributed by atoms with E-state index in [1.165, 1.54) is 4.90 Å². The lowest BCUT2D eigenvalue weighted by Crippen LogP contribution is -2.32. The molecule has 0 unspecified atom stereocenters. The fourth-order valence-corrected chi connectivity index (χ4v) is 5.08. The summed E-state index contributed by atoms with van der Waals surface area (Å²) in [5.41, 5.74) is 1.55. The van der Waals surface area contributed by atoms with E-state index in [0.717, 1.165) is 17.3 Å². The van der Waals surface area contributed by atoms with Crippen molar-refractivity contribution in [2.45, 2.75) is 13.5 Å². The smallest absolute Gasteiger partial charge is 0.293 e. The Morgan fingerprint density at radius 2 is 1.75 bits per heavy atom. The number of para-hydroxylation sites is 1. The van der Waals surface area contributed by atoms with E-state index < -0.39 is 0 Å². The zero-order valence-electron chi connectivity index (χ0n) is 19.4. The first-order valence-electron chi connectivity index (χ1n) is 11.2. The number of ether oxygens (including phenoxy) is 3. The molecule has 1 fully saturated rings. The lowest BCUT2D eigenvalue weighted by atomic mass is 10.1. The zero-order valence-corrected chi connectivity index (χ0v) is 22.6. The molecule has 0 aromatic heterocycles. The van der Waals surface area contributed by atoms with Crippen molar-refractivity contribution in [1.82, 2.24) is 4.90 Å². The number of halogens is 2. The van der Waals surface area contributed by atoms with Gasteiger partial charge in [-0.15, -0.1) is 0 Å². The van der Waals surface area contributed by atoms with Crippen LogP contribution in [0.1, 0.15) is 18.1 Å². The molecule has 186 valence electrons. The van der Waals surface area contributed by atoms with Gasteiger partial charge in [0.05, 0.1) is 22.5 Å². The standard InChI is InChI=1S/C27H23BrClNO5S/c1-2-33-23-15-18(14-21(28)25(23)35-17-19-8-6-7-11-22(19)29)16-24-26(31)30(27(32)36-24)12-13-34-20-9-4-3-5-10-20/h3-11,14-16H,2,12-13,17H2,1H3/b24-16-. The first kappa shape index (κ1) is 26.1. The fraction of sp³-hybridized carbons (Fsp3) is 0.185. The topological polar surface area (TPSA) is 65.1 Å². The number of carbonyl (C=O) groups is 2. The lowest BCUT2D eigenvalue weighted by molar-refractivity contribution is -0.123. The second-order valence-corrected chi connectivity index (χ2v) is 9.89. The Morgan fingerprint density at radius 1 is 1.00 bits per heavy atom. The third-order valence-electron chi connectivity index (χ3n) is 5.16. The van der Waals surface area contributed by atoms with Gasteiger partial charge in [0.1, 0.15) is 19.0 Å². The molecule has 0 saturated carbocycles. The highest BCUT2D eigenvalue weighted by molar-refractivity contribution is 9.10. The number of hydrogen-bond acceptors (Lipinski definition) is 6. The van der Waals surface area contributed by atoms with E-state index in [2.05, 4.69) is 15.9 Å². The maximum Gasteiger partial charge on any atom is 0.293 e. The zero-order chi connectivity index (χ0) is 25.5. The summed E-state index contributed by atoms with van der Waals surface area (Å²) in [4.78, 5) is 26.9. The van der Waals surface area contributed by atoms with E-state index in [1.54, 1.807) is 12.1 Å². The van der Waals surface area contributed by atoms with Crippen molar-refractivity contribution >= 4 is 56.5 Å². The van der Waals surface area contributed by atoms with Gasteiger partial charge in [0.2, 0.25) is 0 Å². The maximum atomic E-state index is 12.9. The molecule has 9 heteroatoms. The summed E-state index contributed by atoms with van der Waals surface area (Å²) in [5.74, 6) is 1.38. The van der Waals surface area contributed by atoms with E-state index in [-0.39, 0.29) is 30.9 Å². The predicted octanol–water partition coefficient (Wildman–Crippen LogP) is 7.20. The monoisotopic (exact) mass is 587 g/mol. The molecule has 0 atom stereocenters. The van der Waals surface area contributed by atoms with Crippen LogP contribution >= 0.6 is 39.3 Å². The van der Waals surface area contributed by atoms with Gasteiger partial charge in [-0.1, -0.05) is 48.0 Å². The number of amides is 2. The SMILES string of the molecule is CCOc1cc(/C=C2\SC(=O)N(CCOc3ccccc3)C2=O)cc(Br)c1OCc1ccccc1Cl. The third kappa shape index (κ3) is 6.43. The Bertz CT molecular complexity index is 1280. The summed E-state index contributed by atoms with van der Waals surface area (Å²) in [6, 6.07) is 20.3. The Balaban J connectivity index is 1.47. The number of carbonyl (C=O) groups excluding carboxylic acids is 2. The van der Waals surface area contributed by atoms with E-state index in [9.17, 15) is 9.59 Å². The quantitative estimate of drug-likeness (QED) is 0.234. The van der Waals surface area contributed by atoms with Gasteiger partial charge in [-0.3, -0.25) is 14.5 Å². The van der Waals surface area contributed by atoms with Gasteiger partial charge in [0, 0.05) is 10.6 Å². The van der Waals surface area contributed by atoms with Gasteiger partial charge in [-0.25, -0.2) is 0 Å². The summed E-state index contributed by atoms with van der Waals surface area (Å²) >= 11 is 10.7. The molecule has 6 nitrogen and oxygen atoms in total. The van der Waals surface area contributed by atoms with Crippen LogP contribution in [-0.2, 0) is 11.4 Å². The molecule has 0 bridgehead atoms. The maximum absolute atomic E-state index is 12.9. The summed E-state index contributed by atoms with van der Waals surface area (Å²) in [7, 11) is 0. The van der Waals surface area contributed by atoms with Gasteiger partial charge >= 0.3 is 0 Å². The molecule has 3 aromatic carbocycles. The van der Waals surface area contributed by atoms with Crippen molar-refractivity contribution in [3.63, 3.8) is 0 Å². The minimum atomic E-state index is -0.352. The van der Waals surface area contributed by atoms with E-state index in [1.807, 2.05) is 67.6 Å². The number of hydrogen-bond donors (Lipinski definition) is 0. The summed E-state index contributed by atoms with van der Waals surface area (Å²) < 4.78 is 18.1. The van der Waals surface area contributed by atoms with Crippen LogP contribution in [0.2, 0.25) is 5.02 Å². The highest BCUT2D eigenvalue weighted by atomic mass is 79.9. The highest BCUT2D eigenvalue weighted by Crippen LogP contribution is 2.40. The van der Waals surface area contributed by atoms with Gasteiger partial charge < -0.3 is 14.2 Å². The molecule has 0 N–H and O–H groups in total. The third-order valence-corrected chi connectivity index (χ3v) is 7.02. The van der Waals surface area contributed by atoms with Crippen LogP contribution in [0.5, 0.6) is 17.2 Å². The highest BCUT2D eigenvalue weighted by Gasteiger charge is 2.35. The van der Waals surface area contributed by atoms with Crippen molar-refractivity contribution in [3.8, 4) is 17.2 Å². The fourth-order valence-electron chi connectivity index (χ4n) is 3.46. The van der Waals surface area contributed by atoms with Crippen LogP contribution in [0.25, 0.3) is 6.08 Å². The van der Waals surface area contributed by atoms with Crippen molar-refractivity contribution in [2.24, 2.45) is 0 Å². The number of rotatable bonds is 10. The summed E-state index contributed by atoms with van der Waals surface area (Å²) in [6.45, 7) is 2.95. The first-order chi connectivity index (χ1) is 17.5. The molecule has 0 spiro atoms. The van der Waals surface area contributed by atoms with Crippen LogP contribution in [-0.4, -0.2) is 35.8 Å². The Kier molecular flexibility index (Phi) is 8.96. The van der Waals surface area contributed by atoms with Crippen molar-refractivity contribution in [3.05, 3.63) is 92.3 Å². The second-order valence-electron chi connectivity index (χ2n) is 7.64. The van der Waals surface area contributed by atoms with Crippen LogP contribution in [0.4, 0.5) is 4.79 Å². The van der Waals surface area contributed by atoms with Gasteiger partial charge in [0.25, 0.3) is 11.1 Å². The number of imide groups is 1. The molecule has 1 saturated heterocycles. The molecule has 0 aliphatic carbocycles. The molecule has 2 amide bonds. The van der Waals surface area contributed by atoms with Crippen molar-refractivity contribution < 1.29 is 23.8 Å². The van der Waals surface area contributed by atoms with Crippen LogP contribution < -0.4 is 14.2 Å². The Labute approximate surface area is 227 Å². The van der Waals surface area contributed by atoms with E-state index in [0.29, 0.717) is 43.8 Å². The van der Waals surface area contributed by atoms with Gasteiger partial charge in [-0.2, -0.15) is 0 Å². The average Bonchev–Trinajstić information content (AvgIpc) is 3.12. The molecule has 36 heavy (non-hydrogen) atoms. The molecule has 3 aromatic rings. The molecular weight excluding hydrogens is 566 g/mol. The predicted molar refractivity (Wildman–Crippen MR) is 146 cm³/mol. The van der Waals surface area contributed by atoms with Crippen LogP contribution in [0.15, 0.2) is 76.1 Å². The largest absolute Gasteiger partial charge is 0.492 e. The average molecular weight is 589 g/mol. The molecule has 1 aliphatic rings. The number of thioether (sulfide) groups is 1. The molecule has 1 aliphatic heterocycles. The molecular formula is C27H23BrClNO5S. The number of nitrogens with zero attached hydrogens (tertiary/aromatic N) is 1. The minimum Gasteiger partial charge on any atom is -0.492 e.